The zero-order chi connectivity index (χ0) is 12.8. The molecule has 1 aliphatic heterocycles. The fraction of sp³-hybridized carbons (Fsp3) is 0.400. The van der Waals surface area contributed by atoms with Gasteiger partial charge in [0.25, 0.3) is 0 Å². The first-order chi connectivity index (χ1) is 8.85. The van der Waals surface area contributed by atoms with Gasteiger partial charge in [0.1, 0.15) is 19.1 Å². The third kappa shape index (κ3) is 4.08. The second-order valence-corrected chi connectivity index (χ2v) is 4.59. The third-order valence-electron chi connectivity index (χ3n) is 3.32. The van der Waals surface area contributed by atoms with Crippen LogP contribution in [0, 0.1) is 0 Å². The Bertz CT molecular complexity index is 431. The lowest BCUT2D eigenvalue weighted by molar-refractivity contribution is -0.557. The molecule has 0 fully saturated rings. The van der Waals surface area contributed by atoms with Gasteiger partial charge in [-0.1, -0.05) is 36.4 Å². The van der Waals surface area contributed by atoms with E-state index < -0.39 is 0 Å². The van der Waals surface area contributed by atoms with Crippen molar-refractivity contribution < 1.29 is 22.1 Å². The minimum Gasteiger partial charge on any atom is -1.00 e. The SMILES string of the molecule is C=CCC1CNC(Cc2ccccc2)=[N+]1CCO.[Cl-]. The van der Waals surface area contributed by atoms with Gasteiger partial charge in [0, 0.05) is 6.42 Å². The van der Waals surface area contributed by atoms with Gasteiger partial charge in [-0.05, 0) is 5.56 Å². The van der Waals surface area contributed by atoms with Crippen LogP contribution in [-0.2, 0) is 6.42 Å². The van der Waals surface area contributed by atoms with Crippen LogP contribution in [0.3, 0.4) is 0 Å². The van der Waals surface area contributed by atoms with Crippen LogP contribution in [0.5, 0.6) is 0 Å². The molecule has 2 N–H and O–H groups in total. The van der Waals surface area contributed by atoms with Crippen LogP contribution in [0.15, 0.2) is 43.0 Å². The lowest BCUT2D eigenvalue weighted by Crippen LogP contribution is -3.00. The van der Waals surface area contributed by atoms with Gasteiger partial charge < -0.3 is 17.5 Å². The number of aliphatic hydroxyl groups excluding tert-OH is 1. The summed E-state index contributed by atoms with van der Waals surface area (Å²) in [4.78, 5) is 0. The lowest BCUT2D eigenvalue weighted by Gasteiger charge is -2.09. The van der Waals surface area contributed by atoms with Gasteiger partial charge >= 0.3 is 0 Å². The molecule has 0 aliphatic carbocycles. The maximum Gasteiger partial charge on any atom is 0.249 e. The highest BCUT2D eigenvalue weighted by Crippen LogP contribution is 2.08. The number of benzene rings is 1. The summed E-state index contributed by atoms with van der Waals surface area (Å²) in [6, 6.07) is 10.8. The summed E-state index contributed by atoms with van der Waals surface area (Å²) in [6.07, 6.45) is 3.79. The Morgan fingerprint density at radius 2 is 2.11 bits per heavy atom. The molecule has 1 aliphatic rings. The first-order valence-corrected chi connectivity index (χ1v) is 6.47. The number of β-amino-alcohol motifs (C(OH)–C–C–N with tert-alkyl or cyclic N) is 1. The number of hydrogen-bond donors (Lipinski definition) is 2. The van der Waals surface area contributed by atoms with E-state index in [2.05, 4.69) is 40.7 Å². The van der Waals surface area contributed by atoms with Crippen molar-refractivity contribution in [1.29, 1.82) is 0 Å². The molecule has 19 heavy (non-hydrogen) atoms. The van der Waals surface area contributed by atoms with Crippen molar-refractivity contribution in [2.45, 2.75) is 18.9 Å². The standard InChI is InChI=1S/C15H20N2O.ClH/c1-2-6-14-12-16-15(17(14)9-10-18)11-13-7-4-3-5-8-13;/h2-5,7-8,14,18H,1,6,9-12H2;1H. The fourth-order valence-electron chi connectivity index (χ4n) is 2.45. The molecule has 1 heterocycles. The predicted molar refractivity (Wildman–Crippen MR) is 74.0 cm³/mol. The topological polar surface area (TPSA) is 35.3 Å². The minimum absolute atomic E-state index is 0. The van der Waals surface area contributed by atoms with Gasteiger partial charge in [0.2, 0.25) is 5.84 Å². The number of hydrogen-bond acceptors (Lipinski definition) is 2. The van der Waals surface area contributed by atoms with E-state index in [1.807, 2.05) is 12.1 Å². The van der Waals surface area contributed by atoms with E-state index >= 15 is 0 Å². The second-order valence-electron chi connectivity index (χ2n) is 4.59. The molecule has 0 radical (unpaired) electrons. The Morgan fingerprint density at radius 3 is 2.74 bits per heavy atom. The first kappa shape index (κ1) is 15.7. The molecule has 1 unspecified atom stereocenters. The Hall–Kier alpha value is -1.32. The van der Waals surface area contributed by atoms with Gasteiger partial charge in [0.05, 0.1) is 13.0 Å². The summed E-state index contributed by atoms with van der Waals surface area (Å²) in [5.74, 6) is 1.21. The molecule has 1 aromatic rings. The Morgan fingerprint density at radius 1 is 1.37 bits per heavy atom. The number of amidine groups is 1. The minimum atomic E-state index is 0. The highest BCUT2D eigenvalue weighted by Gasteiger charge is 2.29. The van der Waals surface area contributed by atoms with Crippen molar-refractivity contribution in [1.82, 2.24) is 5.32 Å². The molecule has 3 nitrogen and oxygen atoms in total. The summed E-state index contributed by atoms with van der Waals surface area (Å²) in [5, 5.41) is 12.6. The van der Waals surface area contributed by atoms with Gasteiger partial charge in [-0.2, -0.15) is 0 Å². The van der Waals surface area contributed by atoms with Crippen LogP contribution in [0.2, 0.25) is 0 Å². The smallest absolute Gasteiger partial charge is 0.249 e. The van der Waals surface area contributed by atoms with Crippen LogP contribution in [0.4, 0.5) is 0 Å². The van der Waals surface area contributed by atoms with Crippen LogP contribution in [0.25, 0.3) is 0 Å². The lowest BCUT2D eigenvalue weighted by atomic mass is 10.1. The largest absolute Gasteiger partial charge is 1.00 e. The molecule has 1 aromatic carbocycles. The molecule has 104 valence electrons. The fourth-order valence-corrected chi connectivity index (χ4v) is 2.45. The van der Waals surface area contributed by atoms with E-state index in [9.17, 15) is 5.11 Å². The molecule has 2 rings (SSSR count). The monoisotopic (exact) mass is 280 g/mol. The van der Waals surface area contributed by atoms with Crippen molar-refractivity contribution in [2.75, 3.05) is 19.7 Å². The van der Waals surface area contributed by atoms with Crippen LogP contribution in [0.1, 0.15) is 12.0 Å². The summed E-state index contributed by atoms with van der Waals surface area (Å²) in [5.41, 5.74) is 1.29. The number of aliphatic hydroxyl groups is 1. The Labute approximate surface area is 121 Å². The molecule has 1 atom stereocenters. The number of nitrogens with one attached hydrogen (secondary N) is 1. The molecule has 0 aromatic heterocycles. The Balaban J connectivity index is 0.00000180. The second kappa shape index (κ2) is 7.97. The molecular formula is C15H21ClN2O. The van der Waals surface area contributed by atoms with E-state index in [1.54, 1.807) is 0 Å². The number of nitrogens with zero attached hydrogens (tertiary/aromatic N) is 1. The van der Waals surface area contributed by atoms with Crippen molar-refractivity contribution in [3.05, 3.63) is 48.6 Å². The van der Waals surface area contributed by atoms with Crippen molar-refractivity contribution in [3.63, 3.8) is 0 Å². The maximum atomic E-state index is 9.19. The third-order valence-corrected chi connectivity index (χ3v) is 3.32. The van der Waals surface area contributed by atoms with Gasteiger partial charge in [-0.15, -0.1) is 6.58 Å². The zero-order valence-corrected chi connectivity index (χ0v) is 11.8. The average Bonchev–Trinajstić information content (AvgIpc) is 2.75. The predicted octanol–water partition coefficient (Wildman–Crippen LogP) is -1.82. The summed E-state index contributed by atoms with van der Waals surface area (Å²) in [7, 11) is 0. The van der Waals surface area contributed by atoms with Gasteiger partial charge in [0.15, 0.2) is 0 Å². The molecular weight excluding hydrogens is 260 g/mol. The summed E-state index contributed by atoms with van der Waals surface area (Å²) >= 11 is 0. The van der Waals surface area contributed by atoms with E-state index in [0.717, 1.165) is 19.4 Å². The maximum absolute atomic E-state index is 9.19. The van der Waals surface area contributed by atoms with E-state index in [-0.39, 0.29) is 19.0 Å². The van der Waals surface area contributed by atoms with Crippen molar-refractivity contribution in [3.8, 4) is 0 Å². The number of rotatable bonds is 6. The van der Waals surface area contributed by atoms with Crippen molar-refractivity contribution in [2.24, 2.45) is 0 Å². The molecule has 0 spiro atoms. The van der Waals surface area contributed by atoms with Crippen LogP contribution < -0.4 is 17.7 Å². The molecule has 0 saturated heterocycles. The van der Waals surface area contributed by atoms with E-state index in [1.165, 1.54) is 11.4 Å². The van der Waals surface area contributed by atoms with E-state index in [4.69, 9.17) is 0 Å². The van der Waals surface area contributed by atoms with Crippen LogP contribution in [-0.4, -0.2) is 41.3 Å². The highest BCUT2D eigenvalue weighted by atomic mass is 35.5. The van der Waals surface area contributed by atoms with E-state index in [0.29, 0.717) is 12.6 Å². The Kier molecular flexibility index (Phi) is 6.60. The van der Waals surface area contributed by atoms with Crippen molar-refractivity contribution >= 4 is 5.84 Å². The number of halogens is 1. The summed E-state index contributed by atoms with van der Waals surface area (Å²) in [6.45, 7) is 5.62. The molecule has 4 heteroatoms. The average molecular weight is 281 g/mol. The molecule has 0 bridgehead atoms. The van der Waals surface area contributed by atoms with Gasteiger partial charge in [-0.25, -0.2) is 0 Å². The molecule has 0 saturated carbocycles. The van der Waals surface area contributed by atoms with Gasteiger partial charge in [-0.3, -0.25) is 9.89 Å². The highest BCUT2D eigenvalue weighted by molar-refractivity contribution is 5.80. The first-order valence-electron chi connectivity index (χ1n) is 6.47. The zero-order valence-electron chi connectivity index (χ0n) is 11.1. The van der Waals surface area contributed by atoms with Crippen LogP contribution >= 0.6 is 0 Å². The molecule has 0 amide bonds. The normalized spacial score (nSPS) is 17.8. The summed E-state index contributed by atoms with van der Waals surface area (Å²) < 4.78 is 2.27. The quantitative estimate of drug-likeness (QED) is 0.476.